The van der Waals surface area contributed by atoms with Gasteiger partial charge in [0.05, 0.1) is 11.1 Å². The van der Waals surface area contributed by atoms with Crippen molar-refractivity contribution in [3.63, 3.8) is 0 Å². The van der Waals surface area contributed by atoms with E-state index in [1.54, 1.807) is 0 Å². The summed E-state index contributed by atoms with van der Waals surface area (Å²) in [5.74, 6) is 0.119. The smallest absolute Gasteiger partial charge is 0.223 e. The van der Waals surface area contributed by atoms with Crippen molar-refractivity contribution in [2.24, 2.45) is 0 Å². The maximum absolute atomic E-state index is 6.11. The fourth-order valence-corrected chi connectivity index (χ4v) is 2.56. The Kier molecular flexibility index (Phi) is 2.83. The number of nitrogen functional groups attached to an aromatic ring is 1. The Morgan fingerprint density at radius 1 is 1.28 bits per heavy atom. The molecule has 0 aliphatic carbocycles. The molecule has 90 valence electrons. The van der Waals surface area contributed by atoms with E-state index in [0.29, 0.717) is 16.2 Å². The summed E-state index contributed by atoms with van der Waals surface area (Å²) < 4.78 is 1.13. The molecule has 18 heavy (non-hydrogen) atoms. The molecule has 0 saturated heterocycles. The van der Waals surface area contributed by atoms with E-state index in [0.717, 1.165) is 14.8 Å². The first-order chi connectivity index (χ1) is 8.65. The number of nitrogens with two attached hydrogens (primary N) is 1. The molecule has 0 atom stereocenters. The Balaban J connectivity index is 2.31. The third-order valence-electron chi connectivity index (χ3n) is 2.50. The number of aromatic amines is 1. The molecule has 0 spiro atoms. The van der Waals surface area contributed by atoms with Crippen molar-refractivity contribution in [1.82, 2.24) is 20.2 Å². The van der Waals surface area contributed by atoms with Gasteiger partial charge in [0.2, 0.25) is 5.95 Å². The first-order valence-electron chi connectivity index (χ1n) is 5.08. The second-order valence-corrected chi connectivity index (χ2v) is 5.28. The minimum Gasteiger partial charge on any atom is -0.368 e. The number of nitrogens with one attached hydrogen (secondary N) is 1. The highest BCUT2D eigenvalue weighted by Gasteiger charge is 2.14. The molecule has 7 heteroatoms. The van der Waals surface area contributed by atoms with Crippen LogP contribution in [0.15, 0.2) is 24.3 Å². The quantitative estimate of drug-likeness (QED) is 0.509. The van der Waals surface area contributed by atoms with Crippen molar-refractivity contribution >= 4 is 51.2 Å². The van der Waals surface area contributed by atoms with Gasteiger partial charge in [-0.3, -0.25) is 5.10 Å². The van der Waals surface area contributed by atoms with Crippen LogP contribution in [0.1, 0.15) is 0 Å². The number of hydrogen-bond donors (Lipinski definition) is 2. The number of aromatic nitrogens is 4. The highest BCUT2D eigenvalue weighted by Crippen LogP contribution is 2.30. The lowest BCUT2D eigenvalue weighted by atomic mass is 10.1. The molecule has 0 radical (unpaired) electrons. The lowest BCUT2D eigenvalue weighted by molar-refractivity contribution is 1.10. The molecule has 1 aromatic carbocycles. The van der Waals surface area contributed by atoms with Crippen LogP contribution in [0.4, 0.5) is 5.95 Å². The van der Waals surface area contributed by atoms with Crippen LogP contribution in [0.5, 0.6) is 0 Å². The van der Waals surface area contributed by atoms with Crippen LogP contribution in [-0.4, -0.2) is 20.2 Å². The largest absolute Gasteiger partial charge is 0.368 e. The number of fused-ring (bicyclic) bond motifs is 1. The first-order valence-corrected chi connectivity index (χ1v) is 6.54. The molecule has 0 amide bonds. The van der Waals surface area contributed by atoms with Gasteiger partial charge in [-0.2, -0.15) is 10.1 Å². The Bertz CT molecular complexity index is 739. The van der Waals surface area contributed by atoms with Gasteiger partial charge < -0.3 is 5.73 Å². The van der Waals surface area contributed by atoms with Crippen LogP contribution >= 0.6 is 34.2 Å². The van der Waals surface area contributed by atoms with Gasteiger partial charge in [0.1, 0.15) is 5.15 Å². The Hall–Kier alpha value is -1.41. The minimum atomic E-state index is 0.119. The van der Waals surface area contributed by atoms with E-state index in [1.807, 2.05) is 24.3 Å². The van der Waals surface area contributed by atoms with Crippen molar-refractivity contribution in [2.45, 2.75) is 0 Å². The molecule has 0 aliphatic rings. The molecule has 2 heterocycles. The predicted octanol–water partition coefficient (Wildman–Crippen LogP) is 2.86. The van der Waals surface area contributed by atoms with E-state index < -0.39 is 0 Å². The lowest BCUT2D eigenvalue weighted by Crippen LogP contribution is -1.95. The van der Waals surface area contributed by atoms with Crippen LogP contribution in [0.2, 0.25) is 5.15 Å². The molecule has 2 aromatic heterocycles. The second-order valence-electron chi connectivity index (χ2n) is 3.68. The molecule has 3 rings (SSSR count). The molecule has 3 aromatic rings. The summed E-state index contributed by atoms with van der Waals surface area (Å²) in [6.45, 7) is 0. The van der Waals surface area contributed by atoms with Crippen molar-refractivity contribution < 1.29 is 0 Å². The predicted molar refractivity (Wildman–Crippen MR) is 79.3 cm³/mol. The average Bonchev–Trinajstić information content (AvgIpc) is 2.72. The van der Waals surface area contributed by atoms with Crippen LogP contribution in [-0.2, 0) is 0 Å². The third-order valence-corrected chi connectivity index (χ3v) is 3.44. The van der Waals surface area contributed by atoms with Gasteiger partial charge in [-0.15, -0.1) is 0 Å². The summed E-state index contributed by atoms with van der Waals surface area (Å²) in [6.07, 6.45) is 0. The lowest BCUT2D eigenvalue weighted by Gasteiger charge is -2.01. The second kappa shape index (κ2) is 4.36. The topological polar surface area (TPSA) is 80.5 Å². The van der Waals surface area contributed by atoms with E-state index in [4.69, 9.17) is 17.3 Å². The van der Waals surface area contributed by atoms with Crippen LogP contribution in [0.25, 0.3) is 22.3 Å². The summed E-state index contributed by atoms with van der Waals surface area (Å²) >= 11 is 8.36. The van der Waals surface area contributed by atoms with Crippen molar-refractivity contribution in [3.05, 3.63) is 33.0 Å². The fraction of sp³-hybridized carbons (Fsp3) is 0. The molecule has 0 unspecified atom stereocenters. The third kappa shape index (κ3) is 1.91. The number of nitrogens with zero attached hydrogens (tertiary/aromatic N) is 3. The van der Waals surface area contributed by atoms with Crippen LogP contribution in [0, 0.1) is 3.57 Å². The summed E-state index contributed by atoms with van der Waals surface area (Å²) in [5.41, 5.74) is 7.79. The highest BCUT2D eigenvalue weighted by molar-refractivity contribution is 14.1. The van der Waals surface area contributed by atoms with Crippen LogP contribution < -0.4 is 5.73 Å². The Morgan fingerprint density at radius 2 is 2.11 bits per heavy atom. The van der Waals surface area contributed by atoms with Gasteiger partial charge in [-0.05, 0) is 34.7 Å². The maximum atomic E-state index is 6.11. The van der Waals surface area contributed by atoms with Crippen molar-refractivity contribution in [1.29, 1.82) is 0 Å². The number of anilines is 1. The minimum absolute atomic E-state index is 0.119. The SMILES string of the molecule is Nc1nc(Cl)c2c(-c3cccc(I)c3)[nH]nc2n1. The van der Waals surface area contributed by atoms with Gasteiger partial charge in [0, 0.05) is 9.13 Å². The number of H-pyrrole nitrogens is 1. The molecule has 0 saturated carbocycles. The van der Waals surface area contributed by atoms with Crippen molar-refractivity contribution in [3.8, 4) is 11.3 Å². The van der Waals surface area contributed by atoms with E-state index in [2.05, 4.69) is 42.8 Å². The zero-order valence-electron chi connectivity index (χ0n) is 8.98. The molecule has 5 nitrogen and oxygen atoms in total. The molecular formula is C11H7ClIN5. The highest BCUT2D eigenvalue weighted by atomic mass is 127. The van der Waals surface area contributed by atoms with Crippen molar-refractivity contribution in [2.75, 3.05) is 5.73 Å². The van der Waals surface area contributed by atoms with Gasteiger partial charge in [-0.25, -0.2) is 4.98 Å². The number of benzene rings is 1. The van der Waals surface area contributed by atoms with Gasteiger partial charge in [0.15, 0.2) is 5.65 Å². The Morgan fingerprint density at radius 3 is 2.89 bits per heavy atom. The number of hydrogen-bond acceptors (Lipinski definition) is 4. The molecule has 0 fully saturated rings. The van der Waals surface area contributed by atoms with E-state index in [1.165, 1.54) is 0 Å². The molecular weight excluding hydrogens is 365 g/mol. The van der Waals surface area contributed by atoms with Gasteiger partial charge in [-0.1, -0.05) is 23.7 Å². The molecule has 0 bridgehead atoms. The summed E-state index contributed by atoms with van der Waals surface area (Å²) in [5, 5.41) is 8.03. The summed E-state index contributed by atoms with van der Waals surface area (Å²) in [7, 11) is 0. The van der Waals surface area contributed by atoms with Gasteiger partial charge in [0.25, 0.3) is 0 Å². The zero-order valence-corrected chi connectivity index (χ0v) is 11.9. The summed E-state index contributed by atoms with van der Waals surface area (Å²) in [4.78, 5) is 8.00. The molecule has 3 N–H and O–H groups in total. The monoisotopic (exact) mass is 371 g/mol. The molecule has 0 aliphatic heterocycles. The van der Waals surface area contributed by atoms with Gasteiger partial charge >= 0.3 is 0 Å². The summed E-state index contributed by atoms with van der Waals surface area (Å²) in [6, 6.07) is 7.98. The normalized spacial score (nSPS) is 11.0. The van der Waals surface area contributed by atoms with E-state index in [9.17, 15) is 0 Å². The van der Waals surface area contributed by atoms with Crippen LogP contribution in [0.3, 0.4) is 0 Å². The average molecular weight is 372 g/mol. The maximum Gasteiger partial charge on any atom is 0.223 e. The number of rotatable bonds is 1. The standard InChI is InChI=1S/C11H7ClIN5/c12-9-7-8(5-2-1-3-6(13)4-5)17-18-10(7)16-11(14)15-9/h1-4H,(H3,14,15,16,17,18). The Labute approximate surface area is 121 Å². The zero-order chi connectivity index (χ0) is 12.7. The van der Waals surface area contributed by atoms with E-state index >= 15 is 0 Å². The number of halogens is 2. The first kappa shape index (κ1) is 11.7. The van der Waals surface area contributed by atoms with E-state index in [-0.39, 0.29) is 5.95 Å². The fourth-order valence-electron chi connectivity index (χ4n) is 1.75.